The molecule has 32 heavy (non-hydrogen) atoms. The molecule has 9 heteroatoms. The van der Waals surface area contributed by atoms with Crippen molar-refractivity contribution in [1.29, 1.82) is 0 Å². The van der Waals surface area contributed by atoms with Gasteiger partial charge in [0.1, 0.15) is 0 Å². The maximum Gasteiger partial charge on any atom is 0.233 e. The van der Waals surface area contributed by atoms with Gasteiger partial charge < -0.3 is 10.6 Å². The Morgan fingerprint density at radius 2 is 1.72 bits per heavy atom. The Labute approximate surface area is 196 Å². The van der Waals surface area contributed by atoms with Crippen molar-refractivity contribution in [3.05, 3.63) is 59.1 Å². The average Bonchev–Trinajstić information content (AvgIpc) is 3.22. The van der Waals surface area contributed by atoms with E-state index in [4.69, 9.17) is 17.3 Å². The molecular weight excluding hydrogens is 446 g/mol. The van der Waals surface area contributed by atoms with Crippen molar-refractivity contribution in [3.8, 4) is 17.1 Å². The molecule has 7 nitrogen and oxygen atoms in total. The summed E-state index contributed by atoms with van der Waals surface area (Å²) < 4.78 is 1.96. The smallest absolute Gasteiger partial charge is 0.233 e. The number of hydrogen-bond donors (Lipinski definition) is 1. The topological polar surface area (TPSA) is 94.1 Å². The van der Waals surface area contributed by atoms with Crippen LogP contribution in [0.3, 0.4) is 0 Å². The number of aryl methyl sites for hydroxylation is 1. The van der Waals surface area contributed by atoms with Crippen molar-refractivity contribution >= 4 is 35.2 Å². The minimum atomic E-state index is -0.285. The molecule has 0 radical (unpaired) electrons. The highest BCUT2D eigenvalue weighted by atomic mass is 35.5. The van der Waals surface area contributed by atoms with E-state index in [1.807, 2.05) is 60.0 Å². The van der Waals surface area contributed by atoms with Crippen LogP contribution in [-0.2, 0) is 9.59 Å². The zero-order chi connectivity index (χ0) is 22.7. The number of nitrogens with two attached hydrogens (primary N) is 1. The van der Waals surface area contributed by atoms with Crippen LogP contribution in [0.15, 0.2) is 53.7 Å². The lowest BCUT2D eigenvalue weighted by Gasteiger charge is -2.30. The fraction of sp³-hybridized carbons (Fsp3) is 0.304. The van der Waals surface area contributed by atoms with Gasteiger partial charge in [-0.25, -0.2) is 0 Å². The number of likely N-dealkylation sites (tertiary alicyclic amines) is 1. The summed E-state index contributed by atoms with van der Waals surface area (Å²) in [5.41, 5.74) is 8.35. The molecule has 2 heterocycles. The monoisotopic (exact) mass is 469 g/mol. The lowest BCUT2D eigenvalue weighted by Crippen LogP contribution is -2.42. The SMILES string of the molecule is Cc1ccc(-n2c(SCC(=O)N3CCC(C(N)=O)CC3)nnc2-c2ccc(Cl)cc2)cc1. The molecule has 1 fully saturated rings. The van der Waals surface area contributed by atoms with Crippen molar-refractivity contribution in [2.45, 2.75) is 24.9 Å². The van der Waals surface area contributed by atoms with Crippen LogP contribution in [0, 0.1) is 12.8 Å². The van der Waals surface area contributed by atoms with E-state index >= 15 is 0 Å². The van der Waals surface area contributed by atoms with Crippen LogP contribution in [0.2, 0.25) is 5.02 Å². The lowest BCUT2D eigenvalue weighted by atomic mass is 9.96. The molecule has 0 unspecified atom stereocenters. The van der Waals surface area contributed by atoms with Gasteiger partial charge >= 0.3 is 0 Å². The van der Waals surface area contributed by atoms with E-state index in [2.05, 4.69) is 10.2 Å². The number of aromatic nitrogens is 3. The lowest BCUT2D eigenvalue weighted by molar-refractivity contribution is -0.132. The third-order valence-electron chi connectivity index (χ3n) is 5.60. The molecule has 1 saturated heterocycles. The molecule has 1 aromatic heterocycles. The Hall–Kier alpha value is -2.84. The standard InChI is InChI=1S/C23H24ClN5O2S/c1-15-2-8-19(9-3-15)29-22(17-4-6-18(24)7-5-17)26-27-23(29)32-14-20(30)28-12-10-16(11-13-28)21(25)31/h2-9,16H,10-14H2,1H3,(H2,25,31). The summed E-state index contributed by atoms with van der Waals surface area (Å²) in [5.74, 6) is 0.518. The van der Waals surface area contributed by atoms with Gasteiger partial charge in [0.05, 0.1) is 5.75 Å². The quantitative estimate of drug-likeness (QED) is 0.555. The number of thioether (sulfide) groups is 1. The summed E-state index contributed by atoms with van der Waals surface area (Å²) in [6.45, 7) is 3.13. The molecule has 166 valence electrons. The number of hydrogen-bond acceptors (Lipinski definition) is 5. The molecule has 1 aliphatic rings. The second-order valence-electron chi connectivity index (χ2n) is 7.83. The van der Waals surface area contributed by atoms with E-state index in [0.29, 0.717) is 41.9 Å². The van der Waals surface area contributed by atoms with E-state index in [1.54, 1.807) is 4.90 Å². The summed E-state index contributed by atoms with van der Waals surface area (Å²) in [4.78, 5) is 25.9. The number of rotatable bonds is 6. The van der Waals surface area contributed by atoms with Crippen LogP contribution in [0.5, 0.6) is 0 Å². The van der Waals surface area contributed by atoms with Gasteiger partial charge in [0.25, 0.3) is 0 Å². The molecule has 0 atom stereocenters. The predicted molar refractivity (Wildman–Crippen MR) is 126 cm³/mol. The third-order valence-corrected chi connectivity index (χ3v) is 6.77. The van der Waals surface area contributed by atoms with Gasteiger partial charge in [0.2, 0.25) is 11.8 Å². The largest absolute Gasteiger partial charge is 0.369 e. The molecule has 1 aliphatic heterocycles. The zero-order valence-electron chi connectivity index (χ0n) is 17.7. The maximum absolute atomic E-state index is 12.8. The summed E-state index contributed by atoms with van der Waals surface area (Å²) in [6.07, 6.45) is 1.23. The highest BCUT2D eigenvalue weighted by Gasteiger charge is 2.26. The minimum Gasteiger partial charge on any atom is -0.369 e. The van der Waals surface area contributed by atoms with E-state index in [0.717, 1.165) is 16.8 Å². The van der Waals surface area contributed by atoms with Crippen LogP contribution in [0.4, 0.5) is 0 Å². The zero-order valence-corrected chi connectivity index (χ0v) is 19.3. The molecule has 2 amide bonds. The summed E-state index contributed by atoms with van der Waals surface area (Å²) in [5, 5.41) is 10.1. The Bertz CT molecular complexity index is 1110. The molecule has 4 rings (SSSR count). The van der Waals surface area contributed by atoms with Crippen molar-refractivity contribution in [3.63, 3.8) is 0 Å². The molecule has 0 aliphatic carbocycles. The fourth-order valence-electron chi connectivity index (χ4n) is 3.71. The molecular formula is C23H24ClN5O2S. The van der Waals surface area contributed by atoms with E-state index < -0.39 is 0 Å². The number of amides is 2. The van der Waals surface area contributed by atoms with Gasteiger partial charge in [-0.2, -0.15) is 0 Å². The summed E-state index contributed by atoms with van der Waals surface area (Å²) in [7, 11) is 0. The van der Waals surface area contributed by atoms with Crippen LogP contribution >= 0.6 is 23.4 Å². The molecule has 0 bridgehead atoms. The highest BCUT2D eigenvalue weighted by molar-refractivity contribution is 7.99. The number of primary amides is 1. The first-order valence-electron chi connectivity index (χ1n) is 10.4. The van der Waals surface area contributed by atoms with Crippen LogP contribution in [0.25, 0.3) is 17.1 Å². The van der Waals surface area contributed by atoms with Gasteiger partial charge in [-0.3, -0.25) is 14.2 Å². The summed E-state index contributed by atoms with van der Waals surface area (Å²) >= 11 is 7.40. The Kier molecular flexibility index (Phi) is 6.81. The van der Waals surface area contributed by atoms with Crippen LogP contribution in [-0.4, -0.2) is 50.3 Å². The molecule has 2 N–H and O–H groups in total. The molecule has 0 spiro atoms. The van der Waals surface area contributed by atoms with Crippen molar-refractivity contribution in [1.82, 2.24) is 19.7 Å². The predicted octanol–water partition coefficient (Wildman–Crippen LogP) is 3.71. The first kappa shape index (κ1) is 22.4. The second-order valence-corrected chi connectivity index (χ2v) is 9.21. The van der Waals surface area contributed by atoms with Gasteiger partial charge in [0.15, 0.2) is 11.0 Å². The van der Waals surface area contributed by atoms with Crippen LogP contribution in [0.1, 0.15) is 18.4 Å². The number of carbonyl (C=O) groups is 2. The van der Waals surface area contributed by atoms with Crippen LogP contribution < -0.4 is 5.73 Å². The maximum atomic E-state index is 12.8. The van der Waals surface area contributed by atoms with E-state index in [-0.39, 0.29) is 23.5 Å². The second kappa shape index (κ2) is 9.75. The van der Waals surface area contributed by atoms with Crippen molar-refractivity contribution in [2.24, 2.45) is 11.7 Å². The Balaban J connectivity index is 1.55. The Morgan fingerprint density at radius 3 is 2.34 bits per heavy atom. The van der Waals surface area contributed by atoms with Gasteiger partial charge in [-0.15, -0.1) is 10.2 Å². The number of carbonyl (C=O) groups excluding carboxylic acids is 2. The number of piperidine rings is 1. The van der Waals surface area contributed by atoms with Gasteiger partial charge in [-0.05, 0) is 56.2 Å². The van der Waals surface area contributed by atoms with Gasteiger partial charge in [-0.1, -0.05) is 41.1 Å². The molecule has 0 saturated carbocycles. The molecule has 3 aromatic rings. The van der Waals surface area contributed by atoms with Crippen molar-refractivity contribution < 1.29 is 9.59 Å². The first-order chi connectivity index (χ1) is 15.4. The highest BCUT2D eigenvalue weighted by Crippen LogP contribution is 2.29. The number of nitrogens with zero attached hydrogens (tertiary/aromatic N) is 4. The van der Waals surface area contributed by atoms with E-state index in [9.17, 15) is 9.59 Å². The fourth-order valence-corrected chi connectivity index (χ4v) is 4.69. The van der Waals surface area contributed by atoms with Crippen molar-refractivity contribution in [2.75, 3.05) is 18.8 Å². The minimum absolute atomic E-state index is 0.0180. The average molecular weight is 470 g/mol. The third kappa shape index (κ3) is 4.97. The number of halogens is 1. The normalized spacial score (nSPS) is 14.5. The Morgan fingerprint density at radius 1 is 1.06 bits per heavy atom. The van der Waals surface area contributed by atoms with E-state index in [1.165, 1.54) is 11.8 Å². The summed E-state index contributed by atoms with van der Waals surface area (Å²) in [6, 6.07) is 15.5. The first-order valence-corrected chi connectivity index (χ1v) is 11.8. The number of benzene rings is 2. The van der Waals surface area contributed by atoms with Gasteiger partial charge in [0, 0.05) is 35.3 Å². The molecule has 2 aromatic carbocycles.